The second-order valence-electron chi connectivity index (χ2n) is 6.15. The van der Waals surface area contributed by atoms with Crippen LogP contribution in [0, 0.1) is 12.7 Å². The van der Waals surface area contributed by atoms with Crippen molar-refractivity contribution in [2.24, 2.45) is 0 Å². The summed E-state index contributed by atoms with van der Waals surface area (Å²) in [6.45, 7) is 2.70. The van der Waals surface area contributed by atoms with Gasteiger partial charge in [-0.2, -0.15) is 0 Å². The van der Waals surface area contributed by atoms with E-state index in [2.05, 4.69) is 25.6 Å². The van der Waals surface area contributed by atoms with Gasteiger partial charge in [-0.05, 0) is 19.8 Å². The summed E-state index contributed by atoms with van der Waals surface area (Å²) in [7, 11) is -1.40. The third-order valence-corrected chi connectivity index (χ3v) is 6.71. The smallest absolute Gasteiger partial charge is 0.223 e. The van der Waals surface area contributed by atoms with Gasteiger partial charge in [0.2, 0.25) is 16.0 Å². The first kappa shape index (κ1) is 18.9. The van der Waals surface area contributed by atoms with Crippen LogP contribution < -0.4 is 10.6 Å². The van der Waals surface area contributed by atoms with Crippen LogP contribution in [0.1, 0.15) is 18.5 Å². The van der Waals surface area contributed by atoms with E-state index in [9.17, 15) is 12.8 Å². The van der Waals surface area contributed by atoms with E-state index in [-0.39, 0.29) is 11.7 Å². The molecule has 3 heterocycles. The number of sulfonamides is 1. The zero-order valence-electron chi connectivity index (χ0n) is 14.8. The molecule has 1 fully saturated rings. The zero-order valence-corrected chi connectivity index (χ0v) is 16.4. The number of rotatable bonds is 5. The normalized spacial score (nSPS) is 16.6. The molecule has 142 valence electrons. The van der Waals surface area contributed by atoms with Gasteiger partial charge in [-0.3, -0.25) is 0 Å². The predicted molar refractivity (Wildman–Crippen MR) is 100 cm³/mol. The topological polar surface area (TPSA) is 100 Å². The monoisotopic (exact) mass is 400 g/mol. The largest absolute Gasteiger partial charge is 0.365 e. The number of hydrogen-bond acceptors (Lipinski definition) is 8. The maximum Gasteiger partial charge on any atom is 0.223 e. The van der Waals surface area contributed by atoms with E-state index in [4.69, 9.17) is 0 Å². The van der Waals surface area contributed by atoms with E-state index in [1.807, 2.05) is 6.92 Å². The number of nitrogens with zero attached hydrogens (tertiary/aromatic N) is 4. The van der Waals surface area contributed by atoms with E-state index >= 15 is 0 Å². The summed E-state index contributed by atoms with van der Waals surface area (Å²) >= 11 is 1.33. The first-order valence-electron chi connectivity index (χ1n) is 8.17. The van der Waals surface area contributed by atoms with Crippen LogP contribution in [0.4, 0.5) is 15.5 Å². The zero-order chi connectivity index (χ0) is 18.9. The third-order valence-electron chi connectivity index (χ3n) is 4.23. The first-order valence-corrected chi connectivity index (χ1v) is 10.8. The summed E-state index contributed by atoms with van der Waals surface area (Å²) in [4.78, 5) is 13.3. The lowest BCUT2D eigenvalue weighted by atomic mass is 10.1. The van der Waals surface area contributed by atoms with Crippen molar-refractivity contribution in [1.29, 1.82) is 0 Å². The quantitative estimate of drug-likeness (QED) is 0.791. The molecule has 2 aromatic heterocycles. The highest BCUT2D eigenvalue weighted by molar-refractivity contribution is 7.88. The van der Waals surface area contributed by atoms with Crippen LogP contribution in [0.2, 0.25) is 0 Å². The third kappa shape index (κ3) is 4.10. The fraction of sp³-hybridized carbons (Fsp3) is 0.533. The predicted octanol–water partition coefficient (Wildman–Crippen LogP) is 1.93. The molecule has 0 spiro atoms. The standard InChI is InChI=1S/C15H21FN6O2S2/c1-9-13(25-15(17-2)19-9)12-11(16)8-18-14(21-12)20-10-4-6-22(7-5-10)26(3,23)24/h8,10H,4-7H2,1-3H3,(H,17,19)(H,18,20,21). The summed E-state index contributed by atoms with van der Waals surface area (Å²) in [6, 6.07) is 0.0433. The van der Waals surface area contributed by atoms with E-state index in [0.717, 1.165) is 6.20 Å². The fourth-order valence-electron chi connectivity index (χ4n) is 2.83. The maximum atomic E-state index is 14.2. The van der Waals surface area contributed by atoms with Crippen LogP contribution in [-0.2, 0) is 10.0 Å². The molecule has 26 heavy (non-hydrogen) atoms. The Balaban J connectivity index is 1.75. The second-order valence-corrected chi connectivity index (χ2v) is 9.14. The molecule has 0 saturated carbocycles. The molecule has 11 heteroatoms. The molecule has 1 aliphatic rings. The fourth-order valence-corrected chi connectivity index (χ4v) is 4.62. The molecular weight excluding hydrogens is 379 g/mol. The Bertz CT molecular complexity index is 894. The molecule has 0 atom stereocenters. The number of thiazole rings is 1. The van der Waals surface area contributed by atoms with E-state index in [1.165, 1.54) is 21.9 Å². The van der Waals surface area contributed by atoms with Crippen LogP contribution in [0.3, 0.4) is 0 Å². The first-order chi connectivity index (χ1) is 12.3. The molecule has 2 N–H and O–H groups in total. The van der Waals surface area contributed by atoms with Crippen LogP contribution in [0.5, 0.6) is 0 Å². The number of anilines is 2. The lowest BCUT2D eigenvalue weighted by Crippen LogP contribution is -2.42. The van der Waals surface area contributed by atoms with E-state index < -0.39 is 15.8 Å². The van der Waals surface area contributed by atoms with Crippen LogP contribution in [-0.4, -0.2) is 60.1 Å². The van der Waals surface area contributed by atoms with Gasteiger partial charge in [-0.1, -0.05) is 11.3 Å². The SMILES string of the molecule is CNc1nc(C)c(-c2nc(NC3CCN(S(C)(=O)=O)CC3)ncc2F)s1. The van der Waals surface area contributed by atoms with Crippen molar-refractivity contribution in [1.82, 2.24) is 19.3 Å². The van der Waals surface area contributed by atoms with Crippen LogP contribution >= 0.6 is 11.3 Å². The molecule has 8 nitrogen and oxygen atoms in total. The molecule has 0 aliphatic carbocycles. The van der Waals surface area contributed by atoms with Gasteiger partial charge in [0.25, 0.3) is 0 Å². The Hall–Kier alpha value is -1.85. The maximum absolute atomic E-state index is 14.2. The van der Waals surface area contributed by atoms with Crippen molar-refractivity contribution in [2.45, 2.75) is 25.8 Å². The molecule has 2 aromatic rings. The molecule has 0 unspecified atom stereocenters. The molecule has 0 aromatic carbocycles. The number of nitrogens with one attached hydrogen (secondary N) is 2. The molecule has 0 bridgehead atoms. The van der Waals surface area contributed by atoms with Gasteiger partial charge < -0.3 is 10.6 Å². The van der Waals surface area contributed by atoms with E-state index in [1.54, 1.807) is 7.05 Å². The van der Waals surface area contributed by atoms with Crippen LogP contribution in [0.15, 0.2) is 6.20 Å². The van der Waals surface area contributed by atoms with Crippen molar-refractivity contribution >= 4 is 32.4 Å². The number of piperidine rings is 1. The highest BCUT2D eigenvalue weighted by atomic mass is 32.2. The second kappa shape index (κ2) is 7.41. The number of aryl methyl sites for hydroxylation is 1. The Morgan fingerprint density at radius 3 is 2.58 bits per heavy atom. The molecular formula is C15H21FN6O2S2. The Morgan fingerprint density at radius 1 is 1.31 bits per heavy atom. The Labute approximate surface area is 155 Å². The summed E-state index contributed by atoms with van der Waals surface area (Å²) in [5.74, 6) is -0.171. The average molecular weight is 401 g/mol. The average Bonchev–Trinajstić information content (AvgIpc) is 2.97. The van der Waals surface area contributed by atoms with Gasteiger partial charge in [0.1, 0.15) is 5.69 Å². The molecule has 0 amide bonds. The lowest BCUT2D eigenvalue weighted by molar-refractivity contribution is 0.331. The van der Waals surface area contributed by atoms with Crippen molar-refractivity contribution < 1.29 is 12.8 Å². The molecule has 3 rings (SSSR count). The summed E-state index contributed by atoms with van der Waals surface area (Å²) < 4.78 is 38.9. The van der Waals surface area contributed by atoms with Crippen molar-refractivity contribution in [2.75, 3.05) is 37.0 Å². The molecule has 1 saturated heterocycles. The van der Waals surface area contributed by atoms with Gasteiger partial charge in [0, 0.05) is 26.2 Å². The number of hydrogen-bond donors (Lipinski definition) is 2. The van der Waals surface area contributed by atoms with Gasteiger partial charge >= 0.3 is 0 Å². The van der Waals surface area contributed by atoms with Gasteiger partial charge in [0.05, 0.1) is 23.0 Å². The Kier molecular flexibility index (Phi) is 5.39. The van der Waals surface area contributed by atoms with Crippen LogP contribution in [0.25, 0.3) is 10.6 Å². The number of halogens is 1. The van der Waals surface area contributed by atoms with Crippen molar-refractivity contribution in [3.05, 3.63) is 17.7 Å². The van der Waals surface area contributed by atoms with Crippen molar-refractivity contribution in [3.8, 4) is 10.6 Å². The number of aromatic nitrogens is 3. The summed E-state index contributed by atoms with van der Waals surface area (Å²) in [5, 5.41) is 6.83. The minimum absolute atomic E-state index is 0.0433. The summed E-state index contributed by atoms with van der Waals surface area (Å²) in [6.07, 6.45) is 3.65. The minimum atomic E-state index is -3.16. The van der Waals surface area contributed by atoms with Gasteiger partial charge in [0.15, 0.2) is 10.9 Å². The minimum Gasteiger partial charge on any atom is -0.365 e. The van der Waals surface area contributed by atoms with Gasteiger partial charge in [-0.15, -0.1) is 0 Å². The molecule has 1 aliphatic heterocycles. The Morgan fingerprint density at radius 2 is 2.00 bits per heavy atom. The molecule has 0 radical (unpaired) electrons. The highest BCUT2D eigenvalue weighted by Gasteiger charge is 2.25. The summed E-state index contributed by atoms with van der Waals surface area (Å²) in [5.41, 5.74) is 0.914. The van der Waals surface area contributed by atoms with E-state index in [0.29, 0.717) is 47.6 Å². The lowest BCUT2D eigenvalue weighted by Gasteiger charge is -2.30. The highest BCUT2D eigenvalue weighted by Crippen LogP contribution is 2.33. The van der Waals surface area contributed by atoms with Gasteiger partial charge in [-0.25, -0.2) is 32.1 Å². The van der Waals surface area contributed by atoms with Crippen molar-refractivity contribution in [3.63, 3.8) is 0 Å².